The van der Waals surface area contributed by atoms with Gasteiger partial charge < -0.3 is 10.1 Å². The first-order chi connectivity index (χ1) is 12.8. The molecule has 1 atom stereocenters. The molecule has 7 heteroatoms. The topological polar surface area (TPSA) is 70.7 Å². The van der Waals surface area contributed by atoms with Crippen molar-refractivity contribution in [2.45, 2.75) is 26.9 Å². The molecule has 2 aromatic rings. The predicted molar refractivity (Wildman–Crippen MR) is 107 cm³/mol. The van der Waals surface area contributed by atoms with Gasteiger partial charge in [-0.1, -0.05) is 47.5 Å². The molecule has 0 aromatic heterocycles. The molecule has 0 saturated heterocycles. The Balaban J connectivity index is 1.72. The lowest BCUT2D eigenvalue weighted by molar-refractivity contribution is -0.128. The summed E-state index contributed by atoms with van der Waals surface area (Å²) in [6, 6.07) is 12.9. The third kappa shape index (κ3) is 4.42. The third-order valence-electron chi connectivity index (χ3n) is 4.28. The van der Waals surface area contributed by atoms with E-state index >= 15 is 0 Å². The van der Waals surface area contributed by atoms with E-state index in [1.54, 1.807) is 18.2 Å². The van der Waals surface area contributed by atoms with Crippen molar-refractivity contribution in [3.05, 3.63) is 58.1 Å². The lowest BCUT2D eigenvalue weighted by atomic mass is 10.0. The SMILES string of the molecule is Cc1ccc(OCC(=O)NN2C(=O)c3cc(Br)ccc3NC2C(C)C)cc1. The minimum absolute atomic E-state index is 0.0871. The number of amides is 2. The fourth-order valence-corrected chi connectivity index (χ4v) is 3.20. The van der Waals surface area contributed by atoms with Crippen molar-refractivity contribution in [1.29, 1.82) is 0 Å². The van der Waals surface area contributed by atoms with Crippen LogP contribution in [0, 0.1) is 12.8 Å². The number of hydrogen-bond donors (Lipinski definition) is 2. The van der Waals surface area contributed by atoms with E-state index in [1.165, 1.54) is 5.01 Å². The van der Waals surface area contributed by atoms with Crippen LogP contribution in [0.4, 0.5) is 5.69 Å². The molecule has 2 aromatic carbocycles. The van der Waals surface area contributed by atoms with Crippen molar-refractivity contribution >= 4 is 33.4 Å². The van der Waals surface area contributed by atoms with E-state index < -0.39 is 5.91 Å². The number of hydrogen-bond acceptors (Lipinski definition) is 4. The summed E-state index contributed by atoms with van der Waals surface area (Å²) >= 11 is 3.38. The number of halogens is 1. The molecule has 0 spiro atoms. The highest BCUT2D eigenvalue weighted by molar-refractivity contribution is 9.10. The van der Waals surface area contributed by atoms with Gasteiger partial charge in [0.15, 0.2) is 6.61 Å². The molecule has 6 nitrogen and oxygen atoms in total. The number of hydrazine groups is 1. The summed E-state index contributed by atoms with van der Waals surface area (Å²) in [5.74, 6) is 0.0415. The summed E-state index contributed by atoms with van der Waals surface area (Å²) in [6.45, 7) is 5.77. The summed E-state index contributed by atoms with van der Waals surface area (Å²) in [7, 11) is 0. The molecular weight excluding hydrogens is 410 g/mol. The molecule has 2 N–H and O–H groups in total. The van der Waals surface area contributed by atoms with Gasteiger partial charge >= 0.3 is 0 Å². The quantitative estimate of drug-likeness (QED) is 0.756. The molecule has 0 fully saturated rings. The molecule has 1 heterocycles. The smallest absolute Gasteiger partial charge is 0.276 e. The van der Waals surface area contributed by atoms with E-state index in [2.05, 4.69) is 26.7 Å². The van der Waals surface area contributed by atoms with Crippen molar-refractivity contribution in [3.8, 4) is 5.75 Å². The highest BCUT2D eigenvalue weighted by Crippen LogP contribution is 2.29. The normalized spacial score (nSPS) is 16.0. The zero-order valence-electron chi connectivity index (χ0n) is 15.5. The second-order valence-corrected chi connectivity index (χ2v) is 7.75. The van der Waals surface area contributed by atoms with Crippen molar-refractivity contribution in [1.82, 2.24) is 10.4 Å². The van der Waals surface area contributed by atoms with Crippen molar-refractivity contribution in [2.24, 2.45) is 5.92 Å². The molecule has 142 valence electrons. The van der Waals surface area contributed by atoms with E-state index in [0.29, 0.717) is 11.3 Å². The van der Waals surface area contributed by atoms with Crippen molar-refractivity contribution in [2.75, 3.05) is 11.9 Å². The van der Waals surface area contributed by atoms with Gasteiger partial charge in [0.25, 0.3) is 11.8 Å². The summed E-state index contributed by atoms with van der Waals surface area (Å²) in [4.78, 5) is 25.3. The highest BCUT2D eigenvalue weighted by atomic mass is 79.9. The van der Waals surface area contributed by atoms with Gasteiger partial charge in [-0.15, -0.1) is 0 Å². The van der Waals surface area contributed by atoms with E-state index in [0.717, 1.165) is 15.7 Å². The number of fused-ring (bicyclic) bond motifs is 1. The first-order valence-corrected chi connectivity index (χ1v) is 9.53. The van der Waals surface area contributed by atoms with Crippen LogP contribution in [-0.2, 0) is 4.79 Å². The first-order valence-electron chi connectivity index (χ1n) is 8.74. The van der Waals surface area contributed by atoms with Crippen LogP contribution in [-0.4, -0.2) is 29.6 Å². The number of anilines is 1. The Kier molecular flexibility index (Phi) is 5.70. The zero-order chi connectivity index (χ0) is 19.6. The number of aryl methyl sites for hydroxylation is 1. The molecule has 27 heavy (non-hydrogen) atoms. The van der Waals surface area contributed by atoms with Crippen molar-refractivity contribution < 1.29 is 14.3 Å². The van der Waals surface area contributed by atoms with E-state index in [4.69, 9.17) is 4.74 Å². The summed E-state index contributed by atoms with van der Waals surface area (Å²) < 4.78 is 6.31. The van der Waals surface area contributed by atoms with Gasteiger partial charge in [-0.05, 0) is 43.2 Å². The monoisotopic (exact) mass is 431 g/mol. The Hall–Kier alpha value is -2.54. The number of benzene rings is 2. The zero-order valence-corrected chi connectivity index (χ0v) is 17.0. The molecule has 0 saturated carbocycles. The van der Waals surface area contributed by atoms with Gasteiger partial charge in [-0.3, -0.25) is 15.0 Å². The van der Waals surface area contributed by atoms with Gasteiger partial charge in [0.05, 0.1) is 5.56 Å². The number of ether oxygens (including phenoxy) is 1. The largest absolute Gasteiger partial charge is 0.484 e. The van der Waals surface area contributed by atoms with Crippen LogP contribution in [0.3, 0.4) is 0 Å². The number of nitrogens with one attached hydrogen (secondary N) is 2. The minimum atomic E-state index is -0.394. The van der Waals surface area contributed by atoms with Crippen LogP contribution >= 0.6 is 15.9 Å². The van der Waals surface area contributed by atoms with Gasteiger partial charge in [0, 0.05) is 10.2 Å². The lowest BCUT2D eigenvalue weighted by Gasteiger charge is -2.39. The second-order valence-electron chi connectivity index (χ2n) is 6.83. The maximum absolute atomic E-state index is 12.9. The summed E-state index contributed by atoms with van der Waals surface area (Å²) in [6.07, 6.45) is -0.352. The average Bonchev–Trinajstić information content (AvgIpc) is 2.63. The molecule has 1 aliphatic rings. The Bertz CT molecular complexity index is 852. The molecule has 3 rings (SSSR count). The van der Waals surface area contributed by atoms with Crippen LogP contribution in [0.5, 0.6) is 5.75 Å². The Labute approximate surface area is 167 Å². The summed E-state index contributed by atoms with van der Waals surface area (Å²) in [5.41, 5.74) is 5.05. The Morgan fingerprint density at radius 1 is 1.26 bits per heavy atom. The predicted octanol–water partition coefficient (Wildman–Crippen LogP) is 3.72. The van der Waals surface area contributed by atoms with Gasteiger partial charge in [-0.2, -0.15) is 0 Å². The van der Waals surface area contributed by atoms with Gasteiger partial charge in [-0.25, -0.2) is 5.01 Å². The molecular formula is C20H22BrN3O3. The molecule has 2 amide bonds. The van der Waals surface area contributed by atoms with Crippen molar-refractivity contribution in [3.63, 3.8) is 0 Å². The maximum Gasteiger partial charge on any atom is 0.276 e. The van der Waals surface area contributed by atoms with E-state index in [-0.39, 0.29) is 24.6 Å². The maximum atomic E-state index is 12.9. The molecule has 0 radical (unpaired) electrons. The van der Waals surface area contributed by atoms with Crippen LogP contribution in [0.25, 0.3) is 0 Å². The number of nitrogens with zero attached hydrogens (tertiary/aromatic N) is 1. The second kappa shape index (κ2) is 8.00. The fourth-order valence-electron chi connectivity index (χ4n) is 2.83. The van der Waals surface area contributed by atoms with Gasteiger partial charge in [0.1, 0.15) is 11.9 Å². The number of carbonyl (C=O) groups excluding carboxylic acids is 2. The molecule has 0 aliphatic carbocycles. The summed E-state index contributed by atoms with van der Waals surface area (Å²) in [5, 5.41) is 4.67. The van der Waals surface area contributed by atoms with Crippen LogP contribution in [0.1, 0.15) is 29.8 Å². The Morgan fingerprint density at radius 2 is 1.96 bits per heavy atom. The molecule has 1 aliphatic heterocycles. The Morgan fingerprint density at radius 3 is 2.63 bits per heavy atom. The van der Waals surface area contributed by atoms with Crippen LogP contribution in [0.2, 0.25) is 0 Å². The van der Waals surface area contributed by atoms with E-state index in [1.807, 2.05) is 45.0 Å². The number of carbonyl (C=O) groups is 2. The lowest BCUT2D eigenvalue weighted by Crippen LogP contribution is -2.59. The third-order valence-corrected chi connectivity index (χ3v) is 4.77. The molecule has 0 bridgehead atoms. The van der Waals surface area contributed by atoms with Crippen LogP contribution in [0.15, 0.2) is 46.9 Å². The van der Waals surface area contributed by atoms with Gasteiger partial charge in [0.2, 0.25) is 0 Å². The fraction of sp³-hybridized carbons (Fsp3) is 0.300. The number of rotatable bonds is 5. The average molecular weight is 432 g/mol. The standard InChI is InChI=1S/C20H22BrN3O3/c1-12(2)19-22-17-9-6-14(21)10-16(17)20(26)24(19)23-18(25)11-27-15-7-4-13(3)5-8-15/h4-10,12,19,22H,11H2,1-3H3,(H,23,25). The van der Waals surface area contributed by atoms with E-state index in [9.17, 15) is 9.59 Å². The molecule has 1 unspecified atom stereocenters. The highest BCUT2D eigenvalue weighted by Gasteiger charge is 2.35. The first kappa shape index (κ1) is 19.2. The minimum Gasteiger partial charge on any atom is -0.484 e. The van der Waals surface area contributed by atoms with Crippen LogP contribution < -0.4 is 15.5 Å².